The zero-order valence-electron chi connectivity index (χ0n) is 11.1. The molecule has 1 aromatic rings. The highest BCUT2D eigenvalue weighted by Crippen LogP contribution is 2.14. The Labute approximate surface area is 114 Å². The first-order valence-electron chi connectivity index (χ1n) is 6.15. The topological polar surface area (TPSA) is 61.4 Å². The maximum Gasteiger partial charge on any atom is 0.229 e. The van der Waals surface area contributed by atoms with Gasteiger partial charge >= 0.3 is 0 Å². The summed E-state index contributed by atoms with van der Waals surface area (Å²) in [5.41, 5.74) is 1.80. The lowest BCUT2D eigenvalue weighted by Crippen LogP contribution is -2.32. The SMILES string of the molecule is CN1C=CNC1CCc1ccc(NS(C)(=O)=O)cc1. The van der Waals surface area contributed by atoms with E-state index in [1.54, 1.807) is 12.1 Å². The van der Waals surface area contributed by atoms with Crippen molar-refractivity contribution in [2.24, 2.45) is 0 Å². The third-order valence-corrected chi connectivity index (χ3v) is 3.66. The Balaban J connectivity index is 1.88. The van der Waals surface area contributed by atoms with E-state index in [-0.39, 0.29) is 0 Å². The van der Waals surface area contributed by atoms with Crippen LogP contribution in [0.5, 0.6) is 0 Å². The molecule has 0 aromatic heterocycles. The molecule has 1 unspecified atom stereocenters. The van der Waals surface area contributed by atoms with Crippen LogP contribution in [0.1, 0.15) is 12.0 Å². The molecule has 0 aliphatic carbocycles. The Kier molecular flexibility index (Phi) is 3.99. The molecule has 1 atom stereocenters. The minimum absolute atomic E-state index is 0.342. The molecule has 1 aromatic carbocycles. The lowest BCUT2D eigenvalue weighted by atomic mass is 10.1. The van der Waals surface area contributed by atoms with Gasteiger partial charge < -0.3 is 10.2 Å². The van der Waals surface area contributed by atoms with Gasteiger partial charge in [0.25, 0.3) is 0 Å². The largest absolute Gasteiger partial charge is 0.370 e. The zero-order valence-corrected chi connectivity index (χ0v) is 11.9. The molecule has 2 rings (SSSR count). The molecular formula is C13H19N3O2S. The van der Waals surface area contributed by atoms with Crippen LogP contribution in [0, 0.1) is 0 Å². The van der Waals surface area contributed by atoms with Gasteiger partial charge in [0.05, 0.1) is 12.4 Å². The molecular weight excluding hydrogens is 262 g/mol. The molecule has 0 saturated carbocycles. The fraction of sp³-hybridized carbons (Fsp3) is 0.385. The van der Waals surface area contributed by atoms with Gasteiger partial charge in [0, 0.05) is 25.1 Å². The monoisotopic (exact) mass is 281 g/mol. The highest BCUT2D eigenvalue weighted by molar-refractivity contribution is 7.92. The number of sulfonamides is 1. The minimum Gasteiger partial charge on any atom is -0.370 e. The van der Waals surface area contributed by atoms with Gasteiger partial charge in [-0.2, -0.15) is 0 Å². The highest BCUT2D eigenvalue weighted by Gasteiger charge is 2.13. The summed E-state index contributed by atoms with van der Waals surface area (Å²) < 4.78 is 24.6. The molecule has 2 N–H and O–H groups in total. The fourth-order valence-electron chi connectivity index (χ4n) is 2.04. The number of rotatable bonds is 5. The molecule has 0 saturated heterocycles. The third kappa shape index (κ3) is 4.17. The Bertz CT molecular complexity index is 552. The number of aryl methyl sites for hydroxylation is 1. The van der Waals surface area contributed by atoms with Crippen molar-refractivity contribution in [3.63, 3.8) is 0 Å². The third-order valence-electron chi connectivity index (χ3n) is 3.05. The van der Waals surface area contributed by atoms with E-state index in [0.29, 0.717) is 11.9 Å². The molecule has 104 valence electrons. The molecule has 0 amide bonds. The summed E-state index contributed by atoms with van der Waals surface area (Å²) in [6, 6.07) is 7.49. The van der Waals surface area contributed by atoms with Gasteiger partial charge in [-0.3, -0.25) is 4.72 Å². The number of nitrogens with zero attached hydrogens (tertiary/aromatic N) is 1. The lowest BCUT2D eigenvalue weighted by Gasteiger charge is -2.20. The van der Waals surface area contributed by atoms with Crippen LogP contribution in [-0.4, -0.2) is 32.8 Å². The summed E-state index contributed by atoms with van der Waals surface area (Å²) in [5.74, 6) is 0. The zero-order chi connectivity index (χ0) is 13.9. The molecule has 0 bridgehead atoms. The maximum atomic E-state index is 11.1. The fourth-order valence-corrected chi connectivity index (χ4v) is 2.60. The van der Waals surface area contributed by atoms with Crippen molar-refractivity contribution in [2.45, 2.75) is 19.0 Å². The van der Waals surface area contributed by atoms with E-state index in [0.717, 1.165) is 19.1 Å². The van der Waals surface area contributed by atoms with Gasteiger partial charge in [0.2, 0.25) is 10.0 Å². The molecule has 1 heterocycles. The second-order valence-electron chi connectivity index (χ2n) is 4.77. The Morgan fingerprint density at radius 3 is 2.53 bits per heavy atom. The van der Waals surface area contributed by atoms with Crippen LogP contribution in [0.15, 0.2) is 36.7 Å². The summed E-state index contributed by atoms with van der Waals surface area (Å²) in [4.78, 5) is 2.14. The van der Waals surface area contributed by atoms with E-state index in [4.69, 9.17) is 0 Å². The van der Waals surface area contributed by atoms with Gasteiger partial charge in [-0.25, -0.2) is 8.42 Å². The average molecular weight is 281 g/mol. The number of benzene rings is 1. The first-order valence-corrected chi connectivity index (χ1v) is 8.04. The number of hydrogen-bond donors (Lipinski definition) is 2. The summed E-state index contributed by atoms with van der Waals surface area (Å²) in [6.45, 7) is 0. The van der Waals surface area contributed by atoms with Crippen LogP contribution in [-0.2, 0) is 16.4 Å². The van der Waals surface area contributed by atoms with E-state index < -0.39 is 10.0 Å². The summed E-state index contributed by atoms with van der Waals surface area (Å²) in [6.07, 6.45) is 7.41. The normalized spacial score (nSPS) is 18.4. The van der Waals surface area contributed by atoms with E-state index >= 15 is 0 Å². The van der Waals surface area contributed by atoms with Crippen LogP contribution in [0.25, 0.3) is 0 Å². The Hall–Kier alpha value is -1.69. The second kappa shape index (κ2) is 5.52. The van der Waals surface area contributed by atoms with Crippen molar-refractivity contribution in [1.29, 1.82) is 0 Å². The molecule has 0 radical (unpaired) electrons. The van der Waals surface area contributed by atoms with E-state index in [1.807, 2.05) is 31.6 Å². The van der Waals surface area contributed by atoms with Gasteiger partial charge in [-0.05, 0) is 30.5 Å². The van der Waals surface area contributed by atoms with Crippen molar-refractivity contribution in [3.05, 3.63) is 42.2 Å². The Morgan fingerprint density at radius 2 is 2.00 bits per heavy atom. The van der Waals surface area contributed by atoms with Gasteiger partial charge in [0.1, 0.15) is 0 Å². The molecule has 6 heteroatoms. The number of anilines is 1. The summed E-state index contributed by atoms with van der Waals surface area (Å²) in [5, 5.41) is 3.27. The summed E-state index contributed by atoms with van der Waals surface area (Å²) >= 11 is 0. The van der Waals surface area contributed by atoms with Crippen molar-refractivity contribution < 1.29 is 8.42 Å². The molecule has 0 fully saturated rings. The minimum atomic E-state index is -3.20. The first-order chi connectivity index (χ1) is 8.94. The Morgan fingerprint density at radius 1 is 1.32 bits per heavy atom. The van der Waals surface area contributed by atoms with Gasteiger partial charge in [-0.15, -0.1) is 0 Å². The quantitative estimate of drug-likeness (QED) is 0.854. The predicted octanol–water partition coefficient (Wildman–Crippen LogP) is 1.32. The molecule has 0 spiro atoms. The van der Waals surface area contributed by atoms with Crippen molar-refractivity contribution in [2.75, 3.05) is 18.0 Å². The predicted molar refractivity (Wildman–Crippen MR) is 77.1 cm³/mol. The van der Waals surface area contributed by atoms with Crippen LogP contribution in [0.2, 0.25) is 0 Å². The molecule has 1 aliphatic rings. The van der Waals surface area contributed by atoms with Crippen molar-refractivity contribution >= 4 is 15.7 Å². The van der Waals surface area contributed by atoms with Crippen LogP contribution < -0.4 is 10.0 Å². The van der Waals surface area contributed by atoms with E-state index in [1.165, 1.54) is 5.56 Å². The molecule has 19 heavy (non-hydrogen) atoms. The molecule has 5 nitrogen and oxygen atoms in total. The van der Waals surface area contributed by atoms with E-state index in [9.17, 15) is 8.42 Å². The van der Waals surface area contributed by atoms with Crippen molar-refractivity contribution in [1.82, 2.24) is 10.2 Å². The second-order valence-corrected chi connectivity index (χ2v) is 6.52. The van der Waals surface area contributed by atoms with Crippen molar-refractivity contribution in [3.8, 4) is 0 Å². The van der Waals surface area contributed by atoms with E-state index in [2.05, 4.69) is 14.9 Å². The van der Waals surface area contributed by atoms with Crippen LogP contribution in [0.3, 0.4) is 0 Å². The maximum absolute atomic E-state index is 11.1. The van der Waals surface area contributed by atoms with Crippen LogP contribution in [0.4, 0.5) is 5.69 Å². The standard InChI is InChI=1S/C13H19N3O2S/c1-16-10-9-14-13(16)8-5-11-3-6-12(7-4-11)15-19(2,17)18/h3-4,6-7,9-10,13-15H,5,8H2,1-2H3. The van der Waals surface area contributed by atoms with Gasteiger partial charge in [0.15, 0.2) is 0 Å². The number of hydrogen-bond acceptors (Lipinski definition) is 4. The van der Waals surface area contributed by atoms with Gasteiger partial charge in [-0.1, -0.05) is 12.1 Å². The highest BCUT2D eigenvalue weighted by atomic mass is 32.2. The number of nitrogens with one attached hydrogen (secondary N) is 2. The summed E-state index contributed by atoms with van der Waals surface area (Å²) in [7, 11) is -1.16. The average Bonchev–Trinajstić information content (AvgIpc) is 2.72. The smallest absolute Gasteiger partial charge is 0.229 e. The van der Waals surface area contributed by atoms with Crippen LogP contribution >= 0.6 is 0 Å². The molecule has 1 aliphatic heterocycles. The lowest BCUT2D eigenvalue weighted by molar-refractivity contribution is 0.313. The first kappa shape index (κ1) is 13.7.